The number of hydrogen-bond donors (Lipinski definition) is 3. The summed E-state index contributed by atoms with van der Waals surface area (Å²) in [4.78, 5) is 29.7. The second-order valence-electron chi connectivity index (χ2n) is 10.8. The summed E-state index contributed by atoms with van der Waals surface area (Å²) in [6.07, 6.45) is 9.81. The van der Waals surface area contributed by atoms with Crippen molar-refractivity contribution in [1.29, 1.82) is 0 Å². The summed E-state index contributed by atoms with van der Waals surface area (Å²) in [5.41, 5.74) is 2.10. The van der Waals surface area contributed by atoms with Gasteiger partial charge >= 0.3 is 0 Å². The molecule has 4 fully saturated rings. The van der Waals surface area contributed by atoms with Crippen LogP contribution in [0.5, 0.6) is 0 Å². The molecular weight excluding hydrogens is 386 g/mol. The monoisotopic (exact) mass is 421 g/mol. The van der Waals surface area contributed by atoms with Gasteiger partial charge in [0.25, 0.3) is 0 Å². The van der Waals surface area contributed by atoms with Gasteiger partial charge in [0.1, 0.15) is 6.04 Å². The van der Waals surface area contributed by atoms with Crippen LogP contribution in [-0.2, 0) is 16.0 Å². The van der Waals surface area contributed by atoms with Gasteiger partial charge in [0.05, 0.1) is 0 Å². The van der Waals surface area contributed by atoms with E-state index < -0.39 is 6.04 Å². The number of para-hydroxylation sites is 1. The number of rotatable bonds is 7. The standard InChI is InChI=1S/C26H35N3O2/c1-16(2)23(24(30)27-8-7-20-15-28-22-6-4-3-5-21(20)22)29-25(31)26-12-17-9-18(13-26)11-19(10-17)14-26/h3-6,15-19,23,28H,7-14H2,1-2H3,(H,27,30)(H,29,31)/t17?,18?,19?,23-,26?/m1/s1. The largest absolute Gasteiger partial charge is 0.361 e. The number of hydrogen-bond acceptors (Lipinski definition) is 2. The first-order chi connectivity index (χ1) is 14.9. The Kier molecular flexibility index (Phi) is 5.31. The molecule has 0 radical (unpaired) electrons. The molecular formula is C26H35N3O2. The first-order valence-electron chi connectivity index (χ1n) is 12.1. The molecule has 2 amide bonds. The van der Waals surface area contributed by atoms with Crippen LogP contribution >= 0.6 is 0 Å². The molecule has 1 aromatic heterocycles. The van der Waals surface area contributed by atoms with E-state index in [1.165, 1.54) is 30.2 Å². The van der Waals surface area contributed by atoms with E-state index in [0.29, 0.717) is 6.54 Å². The minimum atomic E-state index is -0.469. The molecule has 0 saturated heterocycles. The van der Waals surface area contributed by atoms with E-state index >= 15 is 0 Å². The smallest absolute Gasteiger partial charge is 0.242 e. The summed E-state index contributed by atoms with van der Waals surface area (Å²) in [6.45, 7) is 4.60. The molecule has 166 valence electrons. The molecule has 5 nitrogen and oxygen atoms in total. The summed E-state index contributed by atoms with van der Waals surface area (Å²) in [5, 5.41) is 7.47. The highest BCUT2D eigenvalue weighted by atomic mass is 16.2. The number of carbonyl (C=O) groups is 2. The van der Waals surface area contributed by atoms with E-state index in [-0.39, 0.29) is 23.1 Å². The van der Waals surface area contributed by atoms with Gasteiger partial charge in [0.2, 0.25) is 11.8 Å². The van der Waals surface area contributed by atoms with Crippen molar-refractivity contribution in [3.8, 4) is 0 Å². The van der Waals surface area contributed by atoms with Gasteiger partial charge in [-0.1, -0.05) is 32.0 Å². The second-order valence-corrected chi connectivity index (χ2v) is 10.8. The zero-order valence-electron chi connectivity index (χ0n) is 18.7. The van der Waals surface area contributed by atoms with Crippen LogP contribution in [0.1, 0.15) is 57.9 Å². The molecule has 1 heterocycles. The normalized spacial score (nSPS) is 30.0. The number of carbonyl (C=O) groups excluding carboxylic acids is 2. The molecule has 4 bridgehead atoms. The molecule has 1 aromatic carbocycles. The molecule has 0 unspecified atom stereocenters. The molecule has 4 aliphatic carbocycles. The van der Waals surface area contributed by atoms with Crippen molar-refractivity contribution in [1.82, 2.24) is 15.6 Å². The highest BCUT2D eigenvalue weighted by Gasteiger charge is 2.55. The van der Waals surface area contributed by atoms with E-state index in [9.17, 15) is 9.59 Å². The molecule has 1 atom stereocenters. The van der Waals surface area contributed by atoms with Crippen molar-refractivity contribution in [2.24, 2.45) is 29.1 Å². The number of amides is 2. The second kappa shape index (κ2) is 7.99. The first kappa shape index (κ1) is 20.6. The predicted molar refractivity (Wildman–Crippen MR) is 122 cm³/mol. The van der Waals surface area contributed by atoms with Crippen LogP contribution in [0, 0.1) is 29.1 Å². The Morgan fingerprint density at radius 1 is 1.06 bits per heavy atom. The van der Waals surface area contributed by atoms with E-state index in [1.807, 2.05) is 32.2 Å². The van der Waals surface area contributed by atoms with Crippen molar-refractivity contribution >= 4 is 22.7 Å². The molecule has 2 aromatic rings. The van der Waals surface area contributed by atoms with Gasteiger partial charge in [-0.25, -0.2) is 0 Å². The maximum Gasteiger partial charge on any atom is 0.242 e. The Bertz CT molecular complexity index is 941. The van der Waals surface area contributed by atoms with E-state index in [1.54, 1.807) is 0 Å². The number of H-pyrrole nitrogens is 1. The molecule has 5 heteroatoms. The zero-order valence-corrected chi connectivity index (χ0v) is 18.7. The quantitative estimate of drug-likeness (QED) is 0.627. The lowest BCUT2D eigenvalue weighted by Gasteiger charge is -2.55. The van der Waals surface area contributed by atoms with Gasteiger partial charge in [-0.05, 0) is 80.2 Å². The summed E-state index contributed by atoms with van der Waals surface area (Å²) in [6, 6.07) is 7.75. The lowest BCUT2D eigenvalue weighted by Crippen LogP contribution is -2.58. The Labute approximate surface area is 184 Å². The maximum absolute atomic E-state index is 13.4. The average molecular weight is 422 g/mol. The van der Waals surface area contributed by atoms with E-state index in [4.69, 9.17) is 0 Å². The average Bonchev–Trinajstić information content (AvgIpc) is 3.13. The summed E-state index contributed by atoms with van der Waals surface area (Å²) >= 11 is 0. The van der Waals surface area contributed by atoms with Crippen molar-refractivity contribution in [2.45, 2.75) is 64.8 Å². The molecule has 4 saturated carbocycles. The van der Waals surface area contributed by atoms with E-state index in [0.717, 1.165) is 49.0 Å². The maximum atomic E-state index is 13.4. The first-order valence-corrected chi connectivity index (χ1v) is 12.1. The fourth-order valence-electron chi connectivity index (χ4n) is 6.99. The topological polar surface area (TPSA) is 74.0 Å². The third-order valence-electron chi connectivity index (χ3n) is 8.12. The van der Waals surface area contributed by atoms with E-state index in [2.05, 4.69) is 27.8 Å². The molecule has 4 aliphatic rings. The third kappa shape index (κ3) is 3.88. The SMILES string of the molecule is CC(C)[C@@H](NC(=O)C12CC3CC(CC(C3)C1)C2)C(=O)NCCc1c[nH]c2ccccc12. The van der Waals surface area contributed by atoms with Crippen LogP contribution in [-0.4, -0.2) is 29.4 Å². The summed E-state index contributed by atoms with van der Waals surface area (Å²) in [7, 11) is 0. The third-order valence-corrected chi connectivity index (χ3v) is 8.12. The van der Waals surface area contributed by atoms with Crippen LogP contribution < -0.4 is 10.6 Å². The Balaban J connectivity index is 1.20. The van der Waals surface area contributed by atoms with Gasteiger partial charge < -0.3 is 15.6 Å². The Morgan fingerprint density at radius 3 is 2.35 bits per heavy atom. The zero-order chi connectivity index (χ0) is 21.6. The van der Waals surface area contributed by atoms with Crippen molar-refractivity contribution in [3.05, 3.63) is 36.0 Å². The number of aromatic amines is 1. The highest BCUT2D eigenvalue weighted by molar-refractivity contribution is 5.90. The lowest BCUT2D eigenvalue weighted by molar-refractivity contribution is -0.149. The molecule has 3 N–H and O–H groups in total. The predicted octanol–water partition coefficient (Wildman–Crippen LogP) is 4.18. The minimum Gasteiger partial charge on any atom is -0.361 e. The number of aromatic nitrogens is 1. The van der Waals surface area contributed by atoms with Gasteiger partial charge in [-0.2, -0.15) is 0 Å². The number of benzene rings is 1. The lowest BCUT2D eigenvalue weighted by atomic mass is 9.49. The number of fused-ring (bicyclic) bond motifs is 1. The Morgan fingerprint density at radius 2 is 1.71 bits per heavy atom. The Hall–Kier alpha value is -2.30. The fourth-order valence-corrected chi connectivity index (χ4v) is 6.99. The van der Waals surface area contributed by atoms with Crippen LogP contribution in [0.2, 0.25) is 0 Å². The van der Waals surface area contributed by atoms with Crippen molar-refractivity contribution in [2.75, 3.05) is 6.54 Å². The van der Waals surface area contributed by atoms with Crippen molar-refractivity contribution < 1.29 is 9.59 Å². The van der Waals surface area contributed by atoms with Gasteiger partial charge in [0, 0.05) is 29.1 Å². The van der Waals surface area contributed by atoms with Crippen LogP contribution in [0.25, 0.3) is 10.9 Å². The fraction of sp³-hybridized carbons (Fsp3) is 0.615. The van der Waals surface area contributed by atoms with Gasteiger partial charge in [0.15, 0.2) is 0 Å². The van der Waals surface area contributed by atoms with Gasteiger partial charge in [-0.15, -0.1) is 0 Å². The van der Waals surface area contributed by atoms with Crippen molar-refractivity contribution in [3.63, 3.8) is 0 Å². The summed E-state index contributed by atoms with van der Waals surface area (Å²) in [5.74, 6) is 2.30. The van der Waals surface area contributed by atoms with Gasteiger partial charge in [-0.3, -0.25) is 9.59 Å². The molecule has 0 spiro atoms. The highest BCUT2D eigenvalue weighted by Crippen LogP contribution is 2.60. The number of nitrogens with one attached hydrogen (secondary N) is 3. The minimum absolute atomic E-state index is 0.0611. The van der Waals surface area contributed by atoms with Crippen LogP contribution in [0.15, 0.2) is 30.5 Å². The summed E-state index contributed by atoms with van der Waals surface area (Å²) < 4.78 is 0. The van der Waals surface area contributed by atoms with Crippen LogP contribution in [0.4, 0.5) is 0 Å². The molecule has 6 rings (SSSR count). The molecule has 0 aliphatic heterocycles. The molecule has 31 heavy (non-hydrogen) atoms. The van der Waals surface area contributed by atoms with Crippen LogP contribution in [0.3, 0.4) is 0 Å².